The normalized spacial score (nSPS) is 18.9. The standard InChI is InChI=1S/C13H21N5O/c1-3-15-13(19)11-6-7-12(17-16-11)18(2)10-5-4-8-14-9-10/h6-7,10,14H,3-5,8-9H2,1-2H3,(H,15,19). The fourth-order valence-corrected chi connectivity index (χ4v) is 2.24. The van der Waals surface area contributed by atoms with Crippen molar-refractivity contribution < 1.29 is 4.79 Å². The van der Waals surface area contributed by atoms with Gasteiger partial charge in [-0.3, -0.25) is 4.79 Å². The first-order valence-electron chi connectivity index (χ1n) is 6.78. The second-order valence-electron chi connectivity index (χ2n) is 4.75. The molecule has 1 atom stereocenters. The maximum absolute atomic E-state index is 11.6. The fraction of sp³-hybridized carbons (Fsp3) is 0.615. The molecule has 2 N–H and O–H groups in total. The third-order valence-corrected chi connectivity index (χ3v) is 3.40. The van der Waals surface area contributed by atoms with Crippen LogP contribution >= 0.6 is 0 Å². The summed E-state index contributed by atoms with van der Waals surface area (Å²) in [4.78, 5) is 13.7. The number of hydrogen-bond donors (Lipinski definition) is 2. The Balaban J connectivity index is 2.02. The van der Waals surface area contributed by atoms with E-state index in [9.17, 15) is 4.79 Å². The van der Waals surface area contributed by atoms with Crippen molar-refractivity contribution in [3.8, 4) is 0 Å². The van der Waals surface area contributed by atoms with Gasteiger partial charge in [0.2, 0.25) is 0 Å². The lowest BCUT2D eigenvalue weighted by Crippen LogP contribution is -2.44. The Morgan fingerprint density at radius 1 is 1.53 bits per heavy atom. The average Bonchev–Trinajstić information content (AvgIpc) is 2.48. The average molecular weight is 263 g/mol. The molecule has 0 bridgehead atoms. The number of carbonyl (C=O) groups is 1. The topological polar surface area (TPSA) is 70.2 Å². The molecule has 0 aromatic carbocycles. The van der Waals surface area contributed by atoms with E-state index in [1.807, 2.05) is 20.0 Å². The summed E-state index contributed by atoms with van der Waals surface area (Å²) >= 11 is 0. The summed E-state index contributed by atoms with van der Waals surface area (Å²) < 4.78 is 0. The number of nitrogens with zero attached hydrogens (tertiary/aromatic N) is 3. The molecule has 0 saturated carbocycles. The third-order valence-electron chi connectivity index (χ3n) is 3.40. The number of aromatic nitrogens is 2. The van der Waals surface area contributed by atoms with Gasteiger partial charge < -0.3 is 15.5 Å². The van der Waals surface area contributed by atoms with Gasteiger partial charge in [-0.1, -0.05) is 0 Å². The van der Waals surface area contributed by atoms with Gasteiger partial charge in [0.25, 0.3) is 5.91 Å². The molecule has 104 valence electrons. The Morgan fingerprint density at radius 2 is 2.37 bits per heavy atom. The zero-order valence-electron chi connectivity index (χ0n) is 11.5. The zero-order valence-corrected chi connectivity index (χ0v) is 11.5. The Kier molecular flexibility index (Phi) is 4.68. The van der Waals surface area contributed by atoms with Crippen LogP contribution in [-0.4, -0.2) is 48.8 Å². The Bertz CT molecular complexity index is 414. The van der Waals surface area contributed by atoms with Crippen molar-refractivity contribution in [2.45, 2.75) is 25.8 Å². The number of likely N-dealkylation sites (N-methyl/N-ethyl adjacent to an activating group) is 1. The van der Waals surface area contributed by atoms with Gasteiger partial charge in [-0.15, -0.1) is 10.2 Å². The number of nitrogens with one attached hydrogen (secondary N) is 2. The van der Waals surface area contributed by atoms with E-state index in [-0.39, 0.29) is 5.91 Å². The van der Waals surface area contributed by atoms with Crippen molar-refractivity contribution >= 4 is 11.7 Å². The van der Waals surface area contributed by atoms with Crippen LogP contribution < -0.4 is 15.5 Å². The van der Waals surface area contributed by atoms with Gasteiger partial charge in [0.15, 0.2) is 11.5 Å². The van der Waals surface area contributed by atoms with Crippen LogP contribution in [0, 0.1) is 0 Å². The summed E-state index contributed by atoms with van der Waals surface area (Å²) in [5, 5.41) is 14.2. The highest BCUT2D eigenvalue weighted by molar-refractivity contribution is 5.92. The van der Waals surface area contributed by atoms with Crippen molar-refractivity contribution in [3.05, 3.63) is 17.8 Å². The fourth-order valence-electron chi connectivity index (χ4n) is 2.24. The Labute approximate surface area is 113 Å². The Hall–Kier alpha value is -1.69. The summed E-state index contributed by atoms with van der Waals surface area (Å²) in [7, 11) is 2.02. The van der Waals surface area contributed by atoms with Crippen LogP contribution in [0.3, 0.4) is 0 Å². The molecule has 0 radical (unpaired) electrons. The van der Waals surface area contributed by atoms with Crippen LogP contribution in [0.15, 0.2) is 12.1 Å². The molecule has 0 aliphatic carbocycles. The van der Waals surface area contributed by atoms with Crippen LogP contribution in [0.2, 0.25) is 0 Å². The lowest BCUT2D eigenvalue weighted by Gasteiger charge is -2.32. The number of hydrogen-bond acceptors (Lipinski definition) is 5. The van der Waals surface area contributed by atoms with Crippen molar-refractivity contribution in [1.29, 1.82) is 0 Å². The first-order chi connectivity index (χ1) is 9.22. The molecule has 1 aromatic rings. The minimum atomic E-state index is -0.177. The van der Waals surface area contributed by atoms with E-state index in [0.717, 1.165) is 25.3 Å². The van der Waals surface area contributed by atoms with Crippen LogP contribution in [0.1, 0.15) is 30.3 Å². The zero-order chi connectivity index (χ0) is 13.7. The number of rotatable bonds is 4. The number of carbonyl (C=O) groups excluding carboxylic acids is 1. The summed E-state index contributed by atoms with van der Waals surface area (Å²) in [5.74, 6) is 0.630. The smallest absolute Gasteiger partial charge is 0.271 e. The molecule has 6 nitrogen and oxygen atoms in total. The van der Waals surface area contributed by atoms with Gasteiger partial charge in [0.1, 0.15) is 0 Å². The number of amides is 1. The van der Waals surface area contributed by atoms with Crippen molar-refractivity contribution in [3.63, 3.8) is 0 Å². The molecule has 1 aliphatic rings. The van der Waals surface area contributed by atoms with Gasteiger partial charge >= 0.3 is 0 Å². The molecule has 0 spiro atoms. The number of anilines is 1. The van der Waals surface area contributed by atoms with Crippen molar-refractivity contribution in [2.75, 3.05) is 31.6 Å². The van der Waals surface area contributed by atoms with E-state index in [2.05, 4.69) is 25.7 Å². The molecule has 1 amide bonds. The highest BCUT2D eigenvalue weighted by Crippen LogP contribution is 2.15. The maximum atomic E-state index is 11.6. The minimum absolute atomic E-state index is 0.177. The van der Waals surface area contributed by atoms with E-state index in [4.69, 9.17) is 0 Å². The third kappa shape index (κ3) is 3.41. The van der Waals surface area contributed by atoms with Crippen LogP contribution in [0.5, 0.6) is 0 Å². The largest absolute Gasteiger partial charge is 0.354 e. The highest BCUT2D eigenvalue weighted by atomic mass is 16.1. The minimum Gasteiger partial charge on any atom is -0.354 e. The molecule has 1 aliphatic heterocycles. The van der Waals surface area contributed by atoms with E-state index >= 15 is 0 Å². The summed E-state index contributed by atoms with van der Waals surface area (Å²) in [6, 6.07) is 4.02. The second kappa shape index (κ2) is 6.47. The molecule has 19 heavy (non-hydrogen) atoms. The summed E-state index contributed by atoms with van der Waals surface area (Å²) in [6.07, 6.45) is 2.34. The molecule has 1 unspecified atom stereocenters. The second-order valence-corrected chi connectivity index (χ2v) is 4.75. The SMILES string of the molecule is CCNC(=O)c1ccc(N(C)C2CCCNC2)nn1. The lowest BCUT2D eigenvalue weighted by molar-refractivity contribution is 0.0950. The monoisotopic (exact) mass is 263 g/mol. The highest BCUT2D eigenvalue weighted by Gasteiger charge is 2.19. The first-order valence-corrected chi connectivity index (χ1v) is 6.78. The molecule has 1 aromatic heterocycles. The first kappa shape index (κ1) is 13.7. The predicted octanol–water partition coefficient (Wildman–Crippen LogP) is 0.415. The van der Waals surface area contributed by atoms with Gasteiger partial charge in [-0.2, -0.15) is 0 Å². The van der Waals surface area contributed by atoms with Crippen LogP contribution in [0.25, 0.3) is 0 Å². The van der Waals surface area contributed by atoms with E-state index < -0.39 is 0 Å². The van der Waals surface area contributed by atoms with Gasteiger partial charge in [-0.25, -0.2) is 0 Å². The molecular weight excluding hydrogens is 242 g/mol. The predicted molar refractivity (Wildman–Crippen MR) is 74.3 cm³/mol. The van der Waals surface area contributed by atoms with E-state index in [1.54, 1.807) is 6.07 Å². The molecule has 1 saturated heterocycles. The molecule has 6 heteroatoms. The van der Waals surface area contributed by atoms with Crippen LogP contribution in [0.4, 0.5) is 5.82 Å². The number of piperidine rings is 1. The maximum Gasteiger partial charge on any atom is 0.271 e. The molecule has 1 fully saturated rings. The Morgan fingerprint density at radius 3 is 2.95 bits per heavy atom. The van der Waals surface area contributed by atoms with Gasteiger partial charge in [0.05, 0.1) is 0 Å². The molecular formula is C13H21N5O. The molecule has 2 heterocycles. The molecule has 2 rings (SSSR count). The quantitative estimate of drug-likeness (QED) is 0.823. The van der Waals surface area contributed by atoms with Crippen molar-refractivity contribution in [2.24, 2.45) is 0 Å². The summed E-state index contributed by atoms with van der Waals surface area (Å²) in [6.45, 7) is 4.53. The van der Waals surface area contributed by atoms with E-state index in [0.29, 0.717) is 18.3 Å². The summed E-state index contributed by atoms with van der Waals surface area (Å²) in [5.41, 5.74) is 0.362. The van der Waals surface area contributed by atoms with E-state index in [1.165, 1.54) is 6.42 Å². The van der Waals surface area contributed by atoms with Crippen LogP contribution in [-0.2, 0) is 0 Å². The van der Waals surface area contributed by atoms with Crippen molar-refractivity contribution in [1.82, 2.24) is 20.8 Å². The van der Waals surface area contributed by atoms with Gasteiger partial charge in [-0.05, 0) is 38.4 Å². The van der Waals surface area contributed by atoms with Gasteiger partial charge in [0, 0.05) is 26.2 Å². The lowest BCUT2D eigenvalue weighted by atomic mass is 10.1.